The molecule has 4 aromatic rings. The number of carbonyl (C=O) groups excluding carboxylic acids is 1. The Labute approximate surface area is 171 Å². The summed E-state index contributed by atoms with van der Waals surface area (Å²) in [5.74, 6) is 0.474. The van der Waals surface area contributed by atoms with E-state index < -0.39 is 0 Å². The first kappa shape index (κ1) is 19.0. The highest BCUT2D eigenvalue weighted by atomic mass is 32.2. The number of para-hydroxylation sites is 2. The van der Waals surface area contributed by atoms with E-state index in [1.807, 2.05) is 61.5 Å². The summed E-state index contributed by atoms with van der Waals surface area (Å²) in [7, 11) is 0. The third-order valence-corrected chi connectivity index (χ3v) is 5.59. The number of nitrogens with zero attached hydrogens (tertiary/aromatic N) is 3. The molecule has 0 bridgehead atoms. The van der Waals surface area contributed by atoms with E-state index in [0.29, 0.717) is 11.0 Å². The van der Waals surface area contributed by atoms with E-state index in [-0.39, 0.29) is 18.0 Å². The minimum Gasteiger partial charge on any atom is -0.324 e. The molecule has 0 unspecified atom stereocenters. The van der Waals surface area contributed by atoms with Gasteiger partial charge in [0.2, 0.25) is 5.91 Å². The summed E-state index contributed by atoms with van der Waals surface area (Å²) in [6, 6.07) is 16.7. The molecule has 1 amide bonds. The molecule has 2 aromatic heterocycles. The summed E-state index contributed by atoms with van der Waals surface area (Å²) in [5, 5.41) is 7.95. The van der Waals surface area contributed by atoms with Crippen LogP contribution in [0, 0.1) is 6.92 Å². The molecule has 0 saturated heterocycles. The van der Waals surface area contributed by atoms with Crippen molar-refractivity contribution in [2.75, 3.05) is 11.1 Å². The number of thioether (sulfide) groups is 1. The van der Waals surface area contributed by atoms with Gasteiger partial charge in [-0.1, -0.05) is 30.3 Å². The molecule has 146 valence electrons. The number of fused-ring (bicyclic) bond motifs is 3. The zero-order valence-electron chi connectivity index (χ0n) is 16.0. The normalized spacial score (nSPS) is 11.1. The first-order valence-corrected chi connectivity index (χ1v) is 10.2. The highest BCUT2D eigenvalue weighted by molar-refractivity contribution is 7.99. The highest BCUT2D eigenvalue weighted by Gasteiger charge is 2.15. The van der Waals surface area contributed by atoms with Crippen LogP contribution in [0.1, 0.15) is 5.69 Å². The van der Waals surface area contributed by atoms with Crippen LogP contribution in [0.5, 0.6) is 0 Å². The van der Waals surface area contributed by atoms with Crippen molar-refractivity contribution in [1.82, 2.24) is 14.2 Å². The Morgan fingerprint density at radius 2 is 1.97 bits per heavy atom. The lowest BCUT2D eigenvalue weighted by Crippen LogP contribution is -2.29. The van der Waals surface area contributed by atoms with E-state index >= 15 is 0 Å². The van der Waals surface area contributed by atoms with Gasteiger partial charge in [0.1, 0.15) is 12.2 Å². The van der Waals surface area contributed by atoms with E-state index in [1.165, 1.54) is 4.57 Å². The lowest BCUT2D eigenvalue weighted by molar-refractivity contribution is -0.116. The van der Waals surface area contributed by atoms with Gasteiger partial charge in [-0.3, -0.25) is 14.2 Å². The maximum atomic E-state index is 13.1. The Kier molecular flexibility index (Phi) is 5.22. The second-order valence-corrected chi connectivity index (χ2v) is 7.67. The van der Waals surface area contributed by atoms with Gasteiger partial charge in [-0.15, -0.1) is 18.3 Å². The summed E-state index contributed by atoms with van der Waals surface area (Å²) in [4.78, 5) is 26.8. The minimum absolute atomic E-state index is 0.0985. The number of hydrogen-bond donors (Lipinski definition) is 1. The third-order valence-electron chi connectivity index (χ3n) is 4.52. The van der Waals surface area contributed by atoms with Crippen LogP contribution < -0.4 is 10.9 Å². The summed E-state index contributed by atoms with van der Waals surface area (Å²) in [6.45, 7) is 5.50. The maximum Gasteiger partial charge on any atom is 0.262 e. The number of hydrogen-bond acceptors (Lipinski definition) is 4. The van der Waals surface area contributed by atoms with E-state index in [0.717, 1.165) is 27.5 Å². The van der Waals surface area contributed by atoms with Crippen molar-refractivity contribution in [1.29, 1.82) is 0 Å². The van der Waals surface area contributed by atoms with Gasteiger partial charge in [0.25, 0.3) is 5.56 Å². The highest BCUT2D eigenvalue weighted by Crippen LogP contribution is 2.27. The smallest absolute Gasteiger partial charge is 0.262 e. The van der Waals surface area contributed by atoms with Gasteiger partial charge in [0.15, 0.2) is 0 Å². The van der Waals surface area contributed by atoms with Crippen molar-refractivity contribution in [3.63, 3.8) is 0 Å². The van der Waals surface area contributed by atoms with Crippen LogP contribution in [0.4, 0.5) is 5.69 Å². The summed E-state index contributed by atoms with van der Waals surface area (Å²) in [6.07, 6.45) is 1.82. The third kappa shape index (κ3) is 3.69. The molecule has 0 spiro atoms. The molecule has 0 saturated carbocycles. The van der Waals surface area contributed by atoms with E-state index in [2.05, 4.69) is 17.0 Å². The molecule has 0 radical (unpaired) electrons. The van der Waals surface area contributed by atoms with Gasteiger partial charge < -0.3 is 5.32 Å². The van der Waals surface area contributed by atoms with Crippen molar-refractivity contribution in [3.05, 3.63) is 83.3 Å². The largest absolute Gasteiger partial charge is 0.324 e. The first-order valence-electron chi connectivity index (χ1n) is 9.19. The molecule has 6 nitrogen and oxygen atoms in total. The molecule has 7 heteroatoms. The van der Waals surface area contributed by atoms with Crippen molar-refractivity contribution >= 4 is 39.9 Å². The molecule has 0 aliphatic heterocycles. The number of benzene rings is 2. The Balaban J connectivity index is 1.71. The number of carbonyl (C=O) groups is 1. The zero-order valence-corrected chi connectivity index (χ0v) is 16.8. The Morgan fingerprint density at radius 1 is 1.21 bits per heavy atom. The van der Waals surface area contributed by atoms with Crippen LogP contribution in [-0.2, 0) is 11.3 Å². The lowest BCUT2D eigenvalue weighted by atomic mass is 10.2. The molecule has 0 atom stereocenters. The lowest BCUT2D eigenvalue weighted by Gasteiger charge is -2.13. The fraction of sp³-hybridized carbons (Fsp3) is 0.136. The van der Waals surface area contributed by atoms with Crippen LogP contribution in [-0.4, -0.2) is 25.8 Å². The van der Waals surface area contributed by atoms with Crippen LogP contribution >= 0.6 is 11.8 Å². The van der Waals surface area contributed by atoms with Gasteiger partial charge >= 0.3 is 0 Å². The summed E-state index contributed by atoms with van der Waals surface area (Å²) in [5.41, 5.74) is 2.61. The molecule has 2 heterocycles. The molecule has 0 fully saturated rings. The molecule has 29 heavy (non-hydrogen) atoms. The Bertz CT molecular complexity index is 1290. The number of aromatic nitrogens is 3. The zero-order chi connectivity index (χ0) is 20.4. The fourth-order valence-corrected chi connectivity index (χ4v) is 4.02. The van der Waals surface area contributed by atoms with E-state index in [9.17, 15) is 9.59 Å². The maximum absolute atomic E-state index is 13.1. The minimum atomic E-state index is -0.269. The molecular weight excluding hydrogens is 384 g/mol. The standard InChI is InChI=1S/C22H20N4O2S/c1-3-12-29-19-11-7-5-9-17(19)23-20(27)14-25-21-13-15(2)24-26(21)18-10-6-4-8-16(18)22(25)28/h3-11,13H,1,12,14H2,2H3,(H,23,27). The van der Waals surface area contributed by atoms with Crippen molar-refractivity contribution in [3.8, 4) is 0 Å². The summed E-state index contributed by atoms with van der Waals surface area (Å²) < 4.78 is 3.18. The topological polar surface area (TPSA) is 68.4 Å². The molecule has 0 aliphatic carbocycles. The van der Waals surface area contributed by atoms with Gasteiger partial charge in [0.05, 0.1) is 22.3 Å². The quantitative estimate of drug-likeness (QED) is 0.391. The predicted octanol–water partition coefficient (Wildman–Crippen LogP) is 3.87. The summed E-state index contributed by atoms with van der Waals surface area (Å²) >= 11 is 1.59. The first-order chi connectivity index (χ1) is 14.1. The average molecular weight is 404 g/mol. The van der Waals surface area contributed by atoms with Crippen LogP contribution in [0.2, 0.25) is 0 Å². The van der Waals surface area contributed by atoms with Crippen molar-refractivity contribution < 1.29 is 4.79 Å². The molecule has 0 aliphatic rings. The predicted molar refractivity (Wildman–Crippen MR) is 118 cm³/mol. The number of nitrogens with one attached hydrogen (secondary N) is 1. The number of amides is 1. The fourth-order valence-electron chi connectivity index (χ4n) is 3.27. The van der Waals surface area contributed by atoms with Crippen LogP contribution in [0.15, 0.2) is 76.9 Å². The number of anilines is 1. The van der Waals surface area contributed by atoms with Crippen molar-refractivity contribution in [2.24, 2.45) is 0 Å². The van der Waals surface area contributed by atoms with Gasteiger partial charge in [-0.05, 0) is 31.2 Å². The second kappa shape index (κ2) is 7.97. The van der Waals surface area contributed by atoms with Gasteiger partial charge in [-0.2, -0.15) is 5.10 Å². The number of rotatable bonds is 6. The number of aryl methyl sites for hydroxylation is 1. The van der Waals surface area contributed by atoms with Gasteiger partial charge in [0, 0.05) is 16.7 Å². The monoisotopic (exact) mass is 404 g/mol. The average Bonchev–Trinajstić information content (AvgIpc) is 3.12. The molecule has 4 rings (SSSR count). The van der Waals surface area contributed by atoms with Crippen molar-refractivity contribution in [2.45, 2.75) is 18.4 Å². The molecule has 2 aromatic carbocycles. The van der Waals surface area contributed by atoms with E-state index in [4.69, 9.17) is 0 Å². The Hall–Kier alpha value is -3.32. The molecular formula is C22H20N4O2S. The van der Waals surface area contributed by atoms with E-state index in [1.54, 1.807) is 22.3 Å². The van der Waals surface area contributed by atoms with Gasteiger partial charge in [-0.25, -0.2) is 4.52 Å². The second-order valence-electron chi connectivity index (χ2n) is 6.61. The van der Waals surface area contributed by atoms with Crippen LogP contribution in [0.3, 0.4) is 0 Å². The Morgan fingerprint density at radius 3 is 2.79 bits per heavy atom. The van der Waals surface area contributed by atoms with Crippen LogP contribution in [0.25, 0.3) is 16.6 Å². The SMILES string of the molecule is C=CCSc1ccccc1NC(=O)Cn1c(=O)c2ccccc2n2nc(C)cc12. The molecule has 1 N–H and O–H groups in total.